The first kappa shape index (κ1) is 17.9. The van der Waals surface area contributed by atoms with Crippen molar-refractivity contribution in [1.29, 1.82) is 0 Å². The molecule has 0 amide bonds. The van der Waals surface area contributed by atoms with Crippen LogP contribution in [0.4, 0.5) is 0 Å². The first-order chi connectivity index (χ1) is 12.0. The van der Waals surface area contributed by atoms with Crippen molar-refractivity contribution in [1.82, 2.24) is 14.4 Å². The minimum absolute atomic E-state index is 0.202. The summed E-state index contributed by atoms with van der Waals surface area (Å²) in [4.78, 5) is 2.41. The van der Waals surface area contributed by atoms with E-state index in [4.69, 9.17) is 9.26 Å². The number of aromatic nitrogens is 1. The zero-order chi connectivity index (χ0) is 17.9. The van der Waals surface area contributed by atoms with Crippen LogP contribution >= 0.6 is 0 Å². The quantitative estimate of drug-likeness (QED) is 0.775. The van der Waals surface area contributed by atoms with E-state index in [9.17, 15) is 8.42 Å². The molecule has 0 saturated carbocycles. The highest BCUT2D eigenvalue weighted by atomic mass is 32.2. The average Bonchev–Trinajstić information content (AvgIpc) is 2.95. The Morgan fingerprint density at radius 3 is 2.40 bits per heavy atom. The first-order valence-electron chi connectivity index (χ1n) is 8.31. The van der Waals surface area contributed by atoms with Gasteiger partial charge < -0.3 is 9.26 Å². The number of para-hydroxylation sites is 1. The largest absolute Gasteiger partial charge is 0.492 e. The smallest absolute Gasteiger partial charge is 0.248 e. The van der Waals surface area contributed by atoms with Crippen molar-refractivity contribution in [2.75, 3.05) is 39.3 Å². The number of hydrogen-bond acceptors (Lipinski definition) is 6. The maximum absolute atomic E-state index is 12.8. The summed E-state index contributed by atoms with van der Waals surface area (Å²) in [6.07, 6.45) is 0. The van der Waals surface area contributed by atoms with Crippen LogP contribution < -0.4 is 4.74 Å². The van der Waals surface area contributed by atoms with Crippen molar-refractivity contribution >= 4 is 10.0 Å². The summed E-state index contributed by atoms with van der Waals surface area (Å²) in [5.41, 5.74) is 0.413. The Bertz CT molecular complexity index is 777. The van der Waals surface area contributed by atoms with Gasteiger partial charge in [-0.3, -0.25) is 4.90 Å². The van der Waals surface area contributed by atoms with Crippen molar-refractivity contribution in [3.8, 4) is 5.75 Å². The normalized spacial score (nSPS) is 16.9. The summed E-state index contributed by atoms with van der Waals surface area (Å²) < 4.78 is 37.8. The molecule has 1 aromatic carbocycles. The van der Waals surface area contributed by atoms with Crippen LogP contribution in [0.2, 0.25) is 0 Å². The lowest BCUT2D eigenvalue weighted by atomic mass is 10.3. The lowest BCUT2D eigenvalue weighted by Gasteiger charge is -2.33. The maximum atomic E-state index is 12.8. The zero-order valence-electron chi connectivity index (χ0n) is 14.5. The summed E-state index contributed by atoms with van der Waals surface area (Å²) in [6.45, 7) is 6.91. The molecule has 0 N–H and O–H groups in total. The fourth-order valence-electron chi connectivity index (χ4n) is 2.97. The van der Waals surface area contributed by atoms with E-state index in [0.717, 1.165) is 12.3 Å². The van der Waals surface area contributed by atoms with Crippen molar-refractivity contribution in [2.24, 2.45) is 0 Å². The molecule has 2 aromatic rings. The molecule has 0 bridgehead atoms. The molecule has 136 valence electrons. The van der Waals surface area contributed by atoms with E-state index in [0.29, 0.717) is 44.2 Å². The molecule has 1 saturated heterocycles. The maximum Gasteiger partial charge on any atom is 0.248 e. The van der Waals surface area contributed by atoms with Crippen LogP contribution in [0.15, 0.2) is 39.8 Å². The van der Waals surface area contributed by atoms with Gasteiger partial charge in [0.15, 0.2) is 5.76 Å². The Labute approximate surface area is 148 Å². The molecule has 0 radical (unpaired) electrons. The number of ether oxygens (including phenoxy) is 1. The van der Waals surface area contributed by atoms with E-state index in [1.807, 2.05) is 30.3 Å². The molecule has 1 aliphatic heterocycles. The number of hydrogen-bond donors (Lipinski definition) is 0. The Hall–Kier alpha value is -1.90. The molecule has 0 aliphatic carbocycles. The molecule has 2 heterocycles. The molecule has 3 rings (SSSR count). The molecule has 25 heavy (non-hydrogen) atoms. The van der Waals surface area contributed by atoms with Crippen LogP contribution in [0.3, 0.4) is 0 Å². The van der Waals surface area contributed by atoms with E-state index in [1.54, 1.807) is 13.8 Å². The van der Waals surface area contributed by atoms with Gasteiger partial charge in [0, 0.05) is 32.7 Å². The average molecular weight is 365 g/mol. The van der Waals surface area contributed by atoms with E-state index >= 15 is 0 Å². The number of sulfonamides is 1. The van der Waals surface area contributed by atoms with Crippen LogP contribution in [0.5, 0.6) is 5.75 Å². The molecule has 7 nitrogen and oxygen atoms in total. The Balaban J connectivity index is 1.52. The number of piperazine rings is 1. The van der Waals surface area contributed by atoms with Crippen molar-refractivity contribution in [3.63, 3.8) is 0 Å². The number of nitrogens with zero attached hydrogens (tertiary/aromatic N) is 3. The number of rotatable bonds is 6. The minimum atomic E-state index is -3.55. The Morgan fingerprint density at radius 1 is 1.12 bits per heavy atom. The summed E-state index contributed by atoms with van der Waals surface area (Å²) >= 11 is 0. The Kier molecular flexibility index (Phi) is 5.41. The second kappa shape index (κ2) is 7.55. The van der Waals surface area contributed by atoms with Crippen LogP contribution in [-0.4, -0.2) is 62.1 Å². The predicted molar refractivity (Wildman–Crippen MR) is 93.1 cm³/mol. The lowest BCUT2D eigenvalue weighted by Crippen LogP contribution is -2.49. The highest BCUT2D eigenvalue weighted by Crippen LogP contribution is 2.24. The standard InChI is InChI=1S/C17H23N3O4S/c1-14-17(15(2)24-18-14)25(21,22)20-10-8-19(9-11-20)12-13-23-16-6-4-3-5-7-16/h3-7H,8-13H2,1-2H3. The molecule has 0 atom stereocenters. The predicted octanol–water partition coefficient (Wildman–Crippen LogP) is 1.68. The Morgan fingerprint density at radius 2 is 1.80 bits per heavy atom. The van der Waals surface area contributed by atoms with Crippen LogP contribution in [0.1, 0.15) is 11.5 Å². The highest BCUT2D eigenvalue weighted by Gasteiger charge is 2.33. The van der Waals surface area contributed by atoms with Gasteiger partial charge in [0.1, 0.15) is 22.9 Å². The number of aryl methyl sites for hydroxylation is 2. The summed E-state index contributed by atoms with van der Waals surface area (Å²) in [5, 5.41) is 3.75. The monoisotopic (exact) mass is 365 g/mol. The van der Waals surface area contributed by atoms with Gasteiger partial charge in [-0.25, -0.2) is 8.42 Å². The third kappa shape index (κ3) is 4.02. The molecule has 0 unspecified atom stereocenters. The second-order valence-corrected chi connectivity index (χ2v) is 7.94. The SMILES string of the molecule is Cc1noc(C)c1S(=O)(=O)N1CCN(CCOc2ccccc2)CC1. The fraction of sp³-hybridized carbons (Fsp3) is 0.471. The second-order valence-electron chi connectivity index (χ2n) is 6.06. The molecular weight excluding hydrogens is 342 g/mol. The first-order valence-corrected chi connectivity index (χ1v) is 9.76. The summed E-state index contributed by atoms with van der Waals surface area (Å²) in [7, 11) is -3.55. The molecule has 1 aliphatic rings. The van der Waals surface area contributed by atoms with E-state index in [1.165, 1.54) is 4.31 Å². The molecule has 8 heteroatoms. The number of benzene rings is 1. The van der Waals surface area contributed by atoms with Crippen LogP contribution in [0.25, 0.3) is 0 Å². The van der Waals surface area contributed by atoms with Crippen LogP contribution in [0, 0.1) is 13.8 Å². The van der Waals surface area contributed by atoms with Gasteiger partial charge in [0.25, 0.3) is 0 Å². The van der Waals surface area contributed by atoms with Crippen molar-refractivity contribution < 1.29 is 17.7 Å². The fourth-order valence-corrected chi connectivity index (χ4v) is 4.69. The molecule has 1 fully saturated rings. The van der Waals surface area contributed by atoms with Gasteiger partial charge in [-0.15, -0.1) is 0 Å². The van der Waals surface area contributed by atoms with Crippen LogP contribution in [-0.2, 0) is 10.0 Å². The van der Waals surface area contributed by atoms with Gasteiger partial charge in [-0.1, -0.05) is 23.4 Å². The van der Waals surface area contributed by atoms with E-state index in [2.05, 4.69) is 10.1 Å². The topological polar surface area (TPSA) is 75.9 Å². The van der Waals surface area contributed by atoms with E-state index < -0.39 is 10.0 Å². The molecular formula is C17H23N3O4S. The molecule has 0 spiro atoms. The van der Waals surface area contributed by atoms with E-state index in [-0.39, 0.29) is 4.90 Å². The minimum Gasteiger partial charge on any atom is -0.492 e. The van der Waals surface area contributed by atoms with Gasteiger partial charge in [-0.05, 0) is 26.0 Å². The van der Waals surface area contributed by atoms with Gasteiger partial charge in [0.05, 0.1) is 0 Å². The van der Waals surface area contributed by atoms with Gasteiger partial charge >= 0.3 is 0 Å². The van der Waals surface area contributed by atoms with Gasteiger partial charge in [-0.2, -0.15) is 4.31 Å². The van der Waals surface area contributed by atoms with Crippen molar-refractivity contribution in [2.45, 2.75) is 18.7 Å². The highest BCUT2D eigenvalue weighted by molar-refractivity contribution is 7.89. The van der Waals surface area contributed by atoms with Gasteiger partial charge in [0.2, 0.25) is 10.0 Å². The lowest BCUT2D eigenvalue weighted by molar-refractivity contribution is 0.159. The third-order valence-electron chi connectivity index (χ3n) is 4.32. The zero-order valence-corrected chi connectivity index (χ0v) is 15.3. The summed E-state index contributed by atoms with van der Waals surface area (Å²) in [5.74, 6) is 1.19. The third-order valence-corrected chi connectivity index (χ3v) is 6.46. The van der Waals surface area contributed by atoms with Crippen molar-refractivity contribution in [3.05, 3.63) is 41.8 Å². The summed E-state index contributed by atoms with van der Waals surface area (Å²) in [6, 6.07) is 9.68. The molecule has 1 aromatic heterocycles.